The Morgan fingerprint density at radius 2 is 2.07 bits per heavy atom. The van der Waals surface area contributed by atoms with E-state index in [1.165, 1.54) is 21.7 Å². The van der Waals surface area contributed by atoms with Crippen molar-refractivity contribution >= 4 is 23.7 Å². The number of benzene rings is 1. The minimum atomic E-state index is 1.23. The number of hydrogen-bond acceptors (Lipinski definition) is 2. The average molecular weight is 199 g/mol. The van der Waals surface area contributed by atoms with Crippen LogP contribution in [0.5, 0.6) is 0 Å². The van der Waals surface area contributed by atoms with Gasteiger partial charge in [-0.25, -0.2) is 0 Å². The van der Waals surface area contributed by atoms with E-state index >= 15 is 0 Å². The molecule has 0 saturated heterocycles. The highest BCUT2D eigenvalue weighted by molar-refractivity contribution is 8.01. The molecule has 0 aromatic heterocycles. The number of allylic oxidation sites excluding steroid dienone is 1. The van der Waals surface area contributed by atoms with Crippen molar-refractivity contribution in [1.29, 1.82) is 0 Å². The van der Waals surface area contributed by atoms with Gasteiger partial charge in [0.05, 0.1) is 5.70 Å². The van der Waals surface area contributed by atoms with Crippen molar-refractivity contribution in [1.82, 2.24) is 4.72 Å². The highest BCUT2D eigenvalue weighted by Gasteiger charge is 2.10. The smallest absolute Gasteiger partial charge is 0.0600 e. The normalized spacial score (nSPS) is 17.4. The zero-order valence-electron chi connectivity index (χ0n) is 7.53. The number of fused-ring (bicyclic) bond motifs is 2. The number of nitrogens with one attached hydrogen (secondary N) is 1. The van der Waals surface area contributed by atoms with E-state index in [0.29, 0.717) is 0 Å². The van der Waals surface area contributed by atoms with E-state index in [0.717, 1.165) is 0 Å². The van der Waals surface area contributed by atoms with Gasteiger partial charge in [-0.3, -0.25) is 0 Å². The molecule has 0 bridgehead atoms. The Morgan fingerprint density at radius 3 is 3.07 bits per heavy atom. The summed E-state index contributed by atoms with van der Waals surface area (Å²) in [6.07, 6.45) is 6.39. The van der Waals surface area contributed by atoms with E-state index in [2.05, 4.69) is 52.6 Å². The molecule has 0 atom stereocenters. The molecule has 0 saturated carbocycles. The molecule has 0 fully saturated rings. The van der Waals surface area contributed by atoms with Crippen LogP contribution in [-0.2, 0) is 0 Å². The first-order valence-corrected chi connectivity index (χ1v) is 5.43. The molecule has 14 heavy (non-hydrogen) atoms. The summed E-state index contributed by atoms with van der Waals surface area (Å²) in [6.45, 7) is 0. The number of rotatable bonds is 0. The van der Waals surface area contributed by atoms with Gasteiger partial charge in [-0.1, -0.05) is 42.5 Å². The van der Waals surface area contributed by atoms with Gasteiger partial charge in [0.2, 0.25) is 0 Å². The Morgan fingerprint density at radius 1 is 1.14 bits per heavy atom. The lowest BCUT2D eigenvalue weighted by Crippen LogP contribution is -2.28. The van der Waals surface area contributed by atoms with Gasteiger partial charge in [0.15, 0.2) is 0 Å². The molecule has 0 spiro atoms. The van der Waals surface area contributed by atoms with Crippen LogP contribution >= 0.6 is 11.9 Å². The van der Waals surface area contributed by atoms with Gasteiger partial charge >= 0.3 is 0 Å². The summed E-state index contributed by atoms with van der Waals surface area (Å²) in [7, 11) is 0. The minimum absolute atomic E-state index is 1.23. The van der Waals surface area contributed by atoms with Gasteiger partial charge < -0.3 is 4.72 Å². The molecule has 1 aliphatic carbocycles. The van der Waals surface area contributed by atoms with Gasteiger partial charge in [-0.05, 0) is 17.2 Å². The summed E-state index contributed by atoms with van der Waals surface area (Å²) in [5.74, 6) is 0. The van der Waals surface area contributed by atoms with Gasteiger partial charge in [0.25, 0.3) is 0 Å². The molecule has 1 aromatic rings. The van der Waals surface area contributed by atoms with Crippen LogP contribution in [0.15, 0.2) is 47.4 Å². The van der Waals surface area contributed by atoms with Crippen molar-refractivity contribution in [2.75, 3.05) is 0 Å². The summed E-state index contributed by atoms with van der Waals surface area (Å²) in [4.78, 5) is 0. The topological polar surface area (TPSA) is 12.0 Å². The third kappa shape index (κ3) is 1.11. The SMILES string of the molecule is C1=CC2=CSNC2=c2ccccc2=C1. The lowest BCUT2D eigenvalue weighted by molar-refractivity contribution is 1.38. The summed E-state index contributed by atoms with van der Waals surface area (Å²) in [5.41, 5.74) is 2.51. The van der Waals surface area contributed by atoms with E-state index in [9.17, 15) is 0 Å². The first kappa shape index (κ1) is 7.94. The molecule has 1 nitrogen and oxygen atoms in total. The van der Waals surface area contributed by atoms with Crippen LogP contribution in [0.25, 0.3) is 11.8 Å². The first-order chi connectivity index (χ1) is 6.95. The van der Waals surface area contributed by atoms with Gasteiger partial charge in [0, 0.05) is 16.2 Å². The molecule has 68 valence electrons. The van der Waals surface area contributed by atoms with Gasteiger partial charge in [0.1, 0.15) is 0 Å². The summed E-state index contributed by atoms with van der Waals surface area (Å²) in [5, 5.41) is 4.70. The second kappa shape index (κ2) is 3.07. The molecular weight excluding hydrogens is 190 g/mol. The maximum Gasteiger partial charge on any atom is 0.0600 e. The average Bonchev–Trinajstić information content (AvgIpc) is 2.61. The summed E-state index contributed by atoms with van der Waals surface area (Å²) < 4.78 is 3.32. The maximum atomic E-state index is 3.32. The fraction of sp³-hybridized carbons (Fsp3) is 0. The molecule has 0 amide bonds. The molecule has 1 aliphatic heterocycles. The molecule has 2 heteroatoms. The standard InChI is InChI=1S/C12H9NS/c1-2-7-11-9(4-1)5-3-6-10-8-14-13-12(10)11/h1-8,13H. The Kier molecular flexibility index (Phi) is 1.74. The van der Waals surface area contributed by atoms with Crippen LogP contribution in [0.2, 0.25) is 0 Å². The highest BCUT2D eigenvalue weighted by Crippen LogP contribution is 2.23. The molecule has 1 N–H and O–H groups in total. The molecule has 3 rings (SSSR count). The molecule has 1 aromatic carbocycles. The maximum absolute atomic E-state index is 3.32. The monoisotopic (exact) mass is 199 g/mol. The van der Waals surface area contributed by atoms with Crippen molar-refractivity contribution < 1.29 is 0 Å². The second-order valence-corrected chi connectivity index (χ2v) is 3.96. The minimum Gasteiger partial charge on any atom is -0.325 e. The van der Waals surface area contributed by atoms with Crippen LogP contribution in [0.3, 0.4) is 0 Å². The lowest BCUT2D eigenvalue weighted by atomic mass is 10.1. The van der Waals surface area contributed by atoms with Crippen LogP contribution in [-0.4, -0.2) is 0 Å². The molecular formula is C12H9NS. The predicted molar refractivity (Wildman–Crippen MR) is 61.5 cm³/mol. The quantitative estimate of drug-likeness (QED) is 0.632. The third-order valence-corrected chi connectivity index (χ3v) is 3.11. The Balaban J connectivity index is 2.48. The van der Waals surface area contributed by atoms with Crippen molar-refractivity contribution in [3.8, 4) is 0 Å². The zero-order chi connectivity index (χ0) is 9.38. The first-order valence-electron chi connectivity index (χ1n) is 4.55. The third-order valence-electron chi connectivity index (χ3n) is 2.42. The van der Waals surface area contributed by atoms with Crippen molar-refractivity contribution in [2.45, 2.75) is 0 Å². The van der Waals surface area contributed by atoms with Crippen LogP contribution in [0.4, 0.5) is 0 Å². The highest BCUT2D eigenvalue weighted by atomic mass is 32.2. The van der Waals surface area contributed by atoms with Crippen LogP contribution < -0.4 is 15.2 Å². The fourth-order valence-corrected chi connectivity index (χ4v) is 2.46. The Labute approximate surface area is 86.7 Å². The summed E-state index contributed by atoms with van der Waals surface area (Å²) in [6, 6.07) is 8.44. The van der Waals surface area contributed by atoms with E-state index < -0.39 is 0 Å². The zero-order valence-corrected chi connectivity index (χ0v) is 8.34. The van der Waals surface area contributed by atoms with Crippen molar-refractivity contribution in [3.05, 3.63) is 57.8 Å². The molecule has 1 heterocycles. The summed E-state index contributed by atoms with van der Waals surface area (Å²) >= 11 is 1.64. The van der Waals surface area contributed by atoms with Crippen molar-refractivity contribution in [2.24, 2.45) is 0 Å². The van der Waals surface area contributed by atoms with Gasteiger partial charge in [-0.2, -0.15) is 0 Å². The molecule has 2 aliphatic rings. The van der Waals surface area contributed by atoms with E-state index in [1.807, 2.05) is 0 Å². The predicted octanol–water partition coefficient (Wildman–Crippen LogP) is 1.28. The van der Waals surface area contributed by atoms with Crippen LogP contribution in [0.1, 0.15) is 0 Å². The Hall–Kier alpha value is -1.41. The Bertz CT molecular complexity index is 552. The van der Waals surface area contributed by atoms with E-state index in [1.54, 1.807) is 11.9 Å². The largest absolute Gasteiger partial charge is 0.325 e. The van der Waals surface area contributed by atoms with Crippen molar-refractivity contribution in [3.63, 3.8) is 0 Å². The number of hydrogen-bond donors (Lipinski definition) is 1. The second-order valence-electron chi connectivity index (χ2n) is 3.28. The van der Waals surface area contributed by atoms with Gasteiger partial charge in [-0.15, -0.1) is 0 Å². The fourth-order valence-electron chi connectivity index (χ4n) is 1.73. The van der Waals surface area contributed by atoms with Crippen LogP contribution in [0, 0.1) is 0 Å². The lowest BCUT2D eigenvalue weighted by Gasteiger charge is -1.99. The molecule has 0 unspecified atom stereocenters. The van der Waals surface area contributed by atoms with E-state index in [4.69, 9.17) is 0 Å². The molecule has 0 radical (unpaired) electrons. The van der Waals surface area contributed by atoms with E-state index in [-0.39, 0.29) is 0 Å².